The van der Waals surface area contributed by atoms with Crippen LogP contribution in [0.25, 0.3) is 0 Å². The van der Waals surface area contributed by atoms with Gasteiger partial charge in [-0.25, -0.2) is 0 Å². The van der Waals surface area contributed by atoms with Gasteiger partial charge < -0.3 is 20.5 Å². The molecule has 0 aliphatic heterocycles. The topological polar surface area (TPSA) is 94.4 Å². The van der Waals surface area contributed by atoms with Crippen LogP contribution in [0.3, 0.4) is 0 Å². The van der Waals surface area contributed by atoms with E-state index < -0.39 is 5.91 Å². The fraction of sp³-hybridized carbons (Fsp3) is 0.111. The molecule has 1 amide bonds. The Morgan fingerprint density at radius 2 is 1.96 bits per heavy atom. The van der Waals surface area contributed by atoms with E-state index in [1.165, 1.54) is 12.3 Å². The third-order valence-corrected chi connectivity index (χ3v) is 3.25. The molecule has 0 saturated heterocycles. The Labute approximate surface area is 140 Å². The lowest BCUT2D eigenvalue weighted by molar-refractivity contribution is -0.117. The number of nitriles is 1. The molecule has 122 valence electrons. The van der Waals surface area contributed by atoms with Gasteiger partial charge in [0.25, 0.3) is 5.91 Å². The number of ether oxygens (including phenoxy) is 1. The van der Waals surface area contributed by atoms with Gasteiger partial charge >= 0.3 is 0 Å². The summed E-state index contributed by atoms with van der Waals surface area (Å²) in [4.78, 5) is 12.0. The Kier molecular flexibility index (Phi) is 5.81. The summed E-state index contributed by atoms with van der Waals surface area (Å²) >= 11 is 0. The van der Waals surface area contributed by atoms with Crippen LogP contribution in [0, 0.1) is 11.3 Å². The van der Waals surface area contributed by atoms with Gasteiger partial charge in [-0.05, 0) is 29.8 Å². The summed E-state index contributed by atoms with van der Waals surface area (Å²) in [6, 6.07) is 15.6. The maximum absolute atomic E-state index is 12.0. The maximum Gasteiger partial charge on any atom is 0.263 e. The molecule has 2 aromatic rings. The number of methoxy groups -OCH3 is 1. The van der Waals surface area contributed by atoms with E-state index in [0.717, 1.165) is 11.3 Å². The standard InChI is InChI=1S/C18H17N3O3/c1-24-15-8-6-13(7-9-15)11-21-18(23)14(10-19)12-20-16-4-2-3-5-17(16)22/h2-9,12,20,22H,11H2,1H3,(H,21,23)/b14-12-. The molecule has 2 rings (SSSR count). The molecule has 0 atom stereocenters. The summed E-state index contributed by atoms with van der Waals surface area (Å²) in [5.41, 5.74) is 1.20. The summed E-state index contributed by atoms with van der Waals surface area (Å²) in [6.45, 7) is 0.290. The van der Waals surface area contributed by atoms with Crippen molar-refractivity contribution in [2.75, 3.05) is 12.4 Å². The minimum absolute atomic E-state index is 0.0321. The van der Waals surface area contributed by atoms with Crippen LogP contribution in [0.4, 0.5) is 5.69 Å². The van der Waals surface area contributed by atoms with Gasteiger partial charge in [-0.15, -0.1) is 0 Å². The molecule has 0 aromatic heterocycles. The number of nitrogens with one attached hydrogen (secondary N) is 2. The van der Waals surface area contributed by atoms with Crippen LogP contribution in [0.1, 0.15) is 5.56 Å². The number of carbonyl (C=O) groups is 1. The first-order valence-corrected chi connectivity index (χ1v) is 7.20. The molecule has 0 spiro atoms. The zero-order chi connectivity index (χ0) is 17.4. The smallest absolute Gasteiger partial charge is 0.263 e. The first kappa shape index (κ1) is 16.9. The first-order valence-electron chi connectivity index (χ1n) is 7.20. The van der Waals surface area contributed by atoms with Crippen LogP contribution in [-0.4, -0.2) is 18.1 Å². The number of anilines is 1. The summed E-state index contributed by atoms with van der Waals surface area (Å²) in [7, 11) is 1.58. The van der Waals surface area contributed by atoms with Crippen molar-refractivity contribution in [1.82, 2.24) is 5.32 Å². The lowest BCUT2D eigenvalue weighted by atomic mass is 10.2. The van der Waals surface area contributed by atoms with Crippen LogP contribution in [0.15, 0.2) is 60.3 Å². The van der Waals surface area contributed by atoms with Crippen molar-refractivity contribution < 1.29 is 14.6 Å². The van der Waals surface area contributed by atoms with E-state index in [0.29, 0.717) is 12.2 Å². The minimum Gasteiger partial charge on any atom is -0.506 e. The second-order valence-corrected chi connectivity index (χ2v) is 4.86. The van der Waals surface area contributed by atoms with E-state index in [1.807, 2.05) is 18.2 Å². The molecule has 0 aliphatic rings. The lowest BCUT2D eigenvalue weighted by Crippen LogP contribution is -2.24. The molecule has 3 N–H and O–H groups in total. The quantitative estimate of drug-likeness (QED) is 0.431. The van der Waals surface area contributed by atoms with Crippen molar-refractivity contribution in [3.8, 4) is 17.6 Å². The molecule has 0 saturated carbocycles. The predicted octanol–water partition coefficient (Wildman–Crippen LogP) is 2.54. The van der Waals surface area contributed by atoms with Crippen LogP contribution >= 0.6 is 0 Å². The zero-order valence-electron chi connectivity index (χ0n) is 13.1. The van der Waals surface area contributed by atoms with Crippen LogP contribution in [-0.2, 0) is 11.3 Å². The van der Waals surface area contributed by atoms with Gasteiger partial charge in [-0.3, -0.25) is 4.79 Å². The van der Waals surface area contributed by atoms with E-state index in [4.69, 9.17) is 10.00 Å². The highest BCUT2D eigenvalue weighted by Gasteiger charge is 2.09. The fourth-order valence-electron chi connectivity index (χ4n) is 1.92. The Hall–Kier alpha value is -3.46. The second kappa shape index (κ2) is 8.25. The van der Waals surface area contributed by atoms with E-state index >= 15 is 0 Å². The monoisotopic (exact) mass is 323 g/mol. The molecular weight excluding hydrogens is 306 g/mol. The van der Waals surface area contributed by atoms with Crippen molar-refractivity contribution in [1.29, 1.82) is 5.26 Å². The number of nitrogens with zero attached hydrogens (tertiary/aromatic N) is 1. The van der Waals surface area contributed by atoms with E-state index in [-0.39, 0.29) is 11.3 Å². The summed E-state index contributed by atoms with van der Waals surface area (Å²) in [5.74, 6) is 0.260. The molecular formula is C18H17N3O3. The molecule has 0 unspecified atom stereocenters. The van der Waals surface area contributed by atoms with Gasteiger partial charge in [0, 0.05) is 12.7 Å². The summed E-state index contributed by atoms with van der Waals surface area (Å²) in [6.07, 6.45) is 1.26. The number of benzene rings is 2. The highest BCUT2D eigenvalue weighted by Crippen LogP contribution is 2.21. The Balaban J connectivity index is 1.97. The van der Waals surface area contributed by atoms with Gasteiger partial charge in [-0.2, -0.15) is 5.26 Å². The van der Waals surface area contributed by atoms with Gasteiger partial charge in [0.05, 0.1) is 12.8 Å². The molecule has 0 radical (unpaired) electrons. The van der Waals surface area contributed by atoms with Gasteiger partial charge in [0.15, 0.2) is 0 Å². The normalized spacial score (nSPS) is 10.6. The zero-order valence-corrected chi connectivity index (χ0v) is 13.1. The van der Waals surface area contributed by atoms with Crippen molar-refractivity contribution in [3.63, 3.8) is 0 Å². The molecule has 6 nitrogen and oxygen atoms in total. The molecule has 0 bridgehead atoms. The average molecular weight is 323 g/mol. The maximum atomic E-state index is 12.0. The van der Waals surface area contributed by atoms with E-state index in [9.17, 15) is 9.90 Å². The Bertz CT molecular complexity index is 777. The predicted molar refractivity (Wildman–Crippen MR) is 90.3 cm³/mol. The molecule has 2 aromatic carbocycles. The number of para-hydroxylation sites is 2. The molecule has 0 heterocycles. The average Bonchev–Trinajstić information content (AvgIpc) is 2.62. The van der Waals surface area contributed by atoms with Crippen LogP contribution < -0.4 is 15.4 Å². The van der Waals surface area contributed by atoms with Gasteiger partial charge in [-0.1, -0.05) is 24.3 Å². The SMILES string of the molecule is COc1ccc(CNC(=O)/C(C#N)=C\Nc2ccccc2O)cc1. The highest BCUT2D eigenvalue weighted by molar-refractivity contribution is 5.97. The molecule has 6 heteroatoms. The molecule has 0 aliphatic carbocycles. The van der Waals surface area contributed by atoms with Crippen molar-refractivity contribution in [2.45, 2.75) is 6.54 Å². The van der Waals surface area contributed by atoms with Crippen molar-refractivity contribution in [2.24, 2.45) is 0 Å². The number of amides is 1. The number of phenolic OH excluding ortho intramolecular Hbond substituents is 1. The number of phenols is 1. The highest BCUT2D eigenvalue weighted by atomic mass is 16.5. The number of aromatic hydroxyl groups is 1. The lowest BCUT2D eigenvalue weighted by Gasteiger charge is -2.07. The molecule has 0 fully saturated rings. The Morgan fingerprint density at radius 1 is 1.25 bits per heavy atom. The Morgan fingerprint density at radius 3 is 2.58 bits per heavy atom. The van der Waals surface area contributed by atoms with Crippen LogP contribution in [0.2, 0.25) is 0 Å². The third kappa shape index (κ3) is 4.52. The van der Waals surface area contributed by atoms with E-state index in [2.05, 4.69) is 10.6 Å². The number of hydrogen-bond donors (Lipinski definition) is 3. The number of carbonyl (C=O) groups excluding carboxylic acids is 1. The minimum atomic E-state index is -0.503. The van der Waals surface area contributed by atoms with Crippen LogP contribution in [0.5, 0.6) is 11.5 Å². The second-order valence-electron chi connectivity index (χ2n) is 4.86. The summed E-state index contributed by atoms with van der Waals surface area (Å²) in [5, 5.41) is 24.2. The third-order valence-electron chi connectivity index (χ3n) is 3.25. The van der Waals surface area contributed by atoms with Crippen molar-refractivity contribution in [3.05, 3.63) is 65.9 Å². The largest absolute Gasteiger partial charge is 0.506 e. The van der Waals surface area contributed by atoms with Gasteiger partial charge in [0.2, 0.25) is 0 Å². The fourth-order valence-corrected chi connectivity index (χ4v) is 1.92. The van der Waals surface area contributed by atoms with E-state index in [1.54, 1.807) is 37.4 Å². The number of hydrogen-bond acceptors (Lipinski definition) is 5. The summed E-state index contributed by atoms with van der Waals surface area (Å²) < 4.78 is 5.07. The number of rotatable bonds is 6. The molecule has 24 heavy (non-hydrogen) atoms. The van der Waals surface area contributed by atoms with Gasteiger partial charge in [0.1, 0.15) is 23.1 Å². The van der Waals surface area contributed by atoms with Crippen molar-refractivity contribution >= 4 is 11.6 Å². The first-order chi connectivity index (χ1) is 11.6.